The summed E-state index contributed by atoms with van der Waals surface area (Å²) < 4.78 is 2.20. The summed E-state index contributed by atoms with van der Waals surface area (Å²) in [5, 5.41) is 12.0. The van der Waals surface area contributed by atoms with Crippen LogP contribution in [-0.4, -0.2) is 33.2 Å². The molecule has 1 aliphatic rings. The Balaban J connectivity index is 2.03. The van der Waals surface area contributed by atoms with Gasteiger partial charge in [-0.25, -0.2) is 4.98 Å². The largest absolute Gasteiger partial charge is 0.394 e. The summed E-state index contributed by atoms with van der Waals surface area (Å²) in [4.78, 5) is 17.2. The fourth-order valence-corrected chi connectivity index (χ4v) is 3.05. The van der Waals surface area contributed by atoms with Gasteiger partial charge < -0.3 is 15.0 Å². The molecule has 1 aromatic carbocycles. The minimum absolute atomic E-state index is 0.0761. The molecule has 0 spiro atoms. The number of amides is 1. The lowest BCUT2D eigenvalue weighted by atomic mass is 10.1. The third kappa shape index (κ3) is 3.29. The molecule has 5 heteroatoms. The Hall–Kier alpha value is -2.14. The number of carbonyl (C=O) groups is 1. The molecule has 23 heavy (non-hydrogen) atoms. The second-order valence-corrected chi connectivity index (χ2v) is 6.12. The molecule has 2 aromatic rings. The summed E-state index contributed by atoms with van der Waals surface area (Å²) in [6, 6.07) is 9.73. The van der Waals surface area contributed by atoms with Crippen LogP contribution in [0.4, 0.5) is 0 Å². The van der Waals surface area contributed by atoms with Crippen molar-refractivity contribution in [2.75, 3.05) is 6.61 Å². The standard InChI is InChI=1S/C18H23N3O2/c1-13(12-22)19-18(23)16-15-10-6-3-7-11-21(15)17(20-16)14-8-4-2-5-9-14/h2,4-5,8-9,13,22H,3,6-7,10-12H2,1H3,(H,19,23). The van der Waals surface area contributed by atoms with Gasteiger partial charge in [-0.2, -0.15) is 0 Å². The van der Waals surface area contributed by atoms with Crippen LogP contribution < -0.4 is 5.32 Å². The zero-order valence-corrected chi connectivity index (χ0v) is 13.5. The van der Waals surface area contributed by atoms with Crippen molar-refractivity contribution in [3.8, 4) is 11.4 Å². The number of aromatic nitrogens is 2. The number of fused-ring (bicyclic) bond motifs is 1. The number of nitrogens with one attached hydrogen (secondary N) is 1. The highest BCUT2D eigenvalue weighted by atomic mass is 16.3. The van der Waals surface area contributed by atoms with Gasteiger partial charge in [0, 0.05) is 18.2 Å². The van der Waals surface area contributed by atoms with Crippen molar-refractivity contribution in [1.82, 2.24) is 14.9 Å². The van der Waals surface area contributed by atoms with Crippen molar-refractivity contribution in [3.05, 3.63) is 41.7 Å². The lowest BCUT2D eigenvalue weighted by molar-refractivity contribution is 0.0916. The highest BCUT2D eigenvalue weighted by molar-refractivity contribution is 5.94. The number of aliphatic hydroxyl groups is 1. The van der Waals surface area contributed by atoms with Crippen LogP contribution in [0.3, 0.4) is 0 Å². The van der Waals surface area contributed by atoms with Crippen LogP contribution in [-0.2, 0) is 13.0 Å². The predicted molar refractivity (Wildman–Crippen MR) is 89.2 cm³/mol. The Morgan fingerprint density at radius 2 is 2.09 bits per heavy atom. The number of rotatable bonds is 4. The van der Waals surface area contributed by atoms with Crippen LogP contribution in [0.2, 0.25) is 0 Å². The molecule has 3 rings (SSSR count). The highest BCUT2D eigenvalue weighted by Crippen LogP contribution is 2.27. The molecule has 0 bridgehead atoms. The zero-order chi connectivity index (χ0) is 16.2. The fourth-order valence-electron chi connectivity index (χ4n) is 3.05. The van der Waals surface area contributed by atoms with Crippen LogP contribution in [0.25, 0.3) is 11.4 Å². The summed E-state index contributed by atoms with van der Waals surface area (Å²) in [6.45, 7) is 2.60. The first-order valence-corrected chi connectivity index (χ1v) is 8.27. The molecular weight excluding hydrogens is 290 g/mol. The van der Waals surface area contributed by atoms with Crippen LogP contribution >= 0.6 is 0 Å². The van der Waals surface area contributed by atoms with E-state index >= 15 is 0 Å². The first-order chi connectivity index (χ1) is 11.2. The number of carbonyl (C=O) groups excluding carboxylic acids is 1. The van der Waals surface area contributed by atoms with Gasteiger partial charge in [0.05, 0.1) is 12.3 Å². The zero-order valence-electron chi connectivity index (χ0n) is 13.5. The molecule has 1 amide bonds. The molecule has 2 N–H and O–H groups in total. The first-order valence-electron chi connectivity index (χ1n) is 8.27. The number of hydrogen-bond acceptors (Lipinski definition) is 3. The molecule has 1 unspecified atom stereocenters. The summed E-state index contributed by atoms with van der Waals surface area (Å²) in [5.41, 5.74) is 2.56. The Labute approximate surface area is 136 Å². The van der Waals surface area contributed by atoms with Gasteiger partial charge in [0.2, 0.25) is 0 Å². The summed E-state index contributed by atoms with van der Waals surface area (Å²) in [6.07, 6.45) is 4.23. The van der Waals surface area contributed by atoms with Gasteiger partial charge in [0.15, 0.2) is 0 Å². The van der Waals surface area contributed by atoms with Crippen LogP contribution in [0.5, 0.6) is 0 Å². The molecule has 5 nitrogen and oxygen atoms in total. The van der Waals surface area contributed by atoms with E-state index in [1.807, 2.05) is 30.3 Å². The van der Waals surface area contributed by atoms with Gasteiger partial charge in [0.25, 0.3) is 5.91 Å². The van der Waals surface area contributed by atoms with Gasteiger partial charge in [-0.1, -0.05) is 36.8 Å². The molecule has 0 saturated heterocycles. The van der Waals surface area contributed by atoms with Gasteiger partial charge in [-0.05, 0) is 26.2 Å². The molecule has 0 saturated carbocycles. The maximum Gasteiger partial charge on any atom is 0.272 e. The average molecular weight is 313 g/mol. The van der Waals surface area contributed by atoms with Crippen molar-refractivity contribution < 1.29 is 9.90 Å². The number of hydrogen-bond donors (Lipinski definition) is 2. The highest BCUT2D eigenvalue weighted by Gasteiger charge is 2.24. The Bertz CT molecular complexity index is 679. The van der Waals surface area contributed by atoms with Crippen molar-refractivity contribution in [3.63, 3.8) is 0 Å². The van der Waals surface area contributed by atoms with E-state index in [0.717, 1.165) is 42.9 Å². The van der Waals surface area contributed by atoms with Crippen LogP contribution in [0, 0.1) is 0 Å². The van der Waals surface area contributed by atoms with Gasteiger partial charge in [0.1, 0.15) is 11.5 Å². The molecule has 0 radical (unpaired) electrons. The van der Waals surface area contributed by atoms with Crippen molar-refractivity contribution in [2.24, 2.45) is 0 Å². The van der Waals surface area contributed by atoms with E-state index in [0.29, 0.717) is 5.69 Å². The molecule has 0 fully saturated rings. The molecule has 2 heterocycles. The average Bonchev–Trinajstić information content (AvgIpc) is 2.77. The molecule has 1 aliphatic heterocycles. The topological polar surface area (TPSA) is 67.2 Å². The number of nitrogens with zero attached hydrogens (tertiary/aromatic N) is 2. The number of benzene rings is 1. The quantitative estimate of drug-likeness (QED) is 0.911. The maximum atomic E-state index is 12.5. The SMILES string of the molecule is CC(CO)NC(=O)c1nc(-c2ccccc2)n2c1CCCCC2. The maximum absolute atomic E-state index is 12.5. The van der Waals surface area contributed by atoms with Crippen LogP contribution in [0.15, 0.2) is 30.3 Å². The van der Waals surface area contributed by atoms with E-state index in [4.69, 9.17) is 5.11 Å². The molecule has 1 aromatic heterocycles. The van der Waals surface area contributed by atoms with Gasteiger partial charge in [-0.15, -0.1) is 0 Å². The Kier molecular flexibility index (Phi) is 4.76. The van der Waals surface area contributed by atoms with E-state index in [1.54, 1.807) is 6.92 Å². The van der Waals surface area contributed by atoms with E-state index in [9.17, 15) is 4.79 Å². The molecule has 1 atom stereocenters. The molecule has 0 aliphatic carbocycles. The fraction of sp³-hybridized carbons (Fsp3) is 0.444. The summed E-state index contributed by atoms with van der Waals surface area (Å²) in [7, 11) is 0. The van der Waals surface area contributed by atoms with Gasteiger partial charge in [-0.3, -0.25) is 4.79 Å². The van der Waals surface area contributed by atoms with E-state index < -0.39 is 0 Å². The lowest BCUT2D eigenvalue weighted by Crippen LogP contribution is -2.35. The van der Waals surface area contributed by atoms with E-state index in [2.05, 4.69) is 14.9 Å². The van der Waals surface area contributed by atoms with E-state index in [1.165, 1.54) is 6.42 Å². The van der Waals surface area contributed by atoms with Crippen molar-refractivity contribution in [2.45, 2.75) is 45.2 Å². The molecular formula is C18H23N3O2. The second kappa shape index (κ2) is 6.96. The normalized spacial score (nSPS) is 15.6. The van der Waals surface area contributed by atoms with Crippen molar-refractivity contribution in [1.29, 1.82) is 0 Å². The first kappa shape index (κ1) is 15.7. The van der Waals surface area contributed by atoms with Gasteiger partial charge >= 0.3 is 0 Å². The third-order valence-electron chi connectivity index (χ3n) is 4.27. The lowest BCUT2D eigenvalue weighted by Gasteiger charge is -2.11. The Morgan fingerprint density at radius 1 is 1.30 bits per heavy atom. The molecule has 122 valence electrons. The summed E-state index contributed by atoms with van der Waals surface area (Å²) >= 11 is 0. The monoisotopic (exact) mass is 313 g/mol. The smallest absolute Gasteiger partial charge is 0.272 e. The van der Waals surface area contributed by atoms with Crippen LogP contribution in [0.1, 0.15) is 42.4 Å². The minimum Gasteiger partial charge on any atom is -0.394 e. The van der Waals surface area contributed by atoms with Crippen molar-refractivity contribution >= 4 is 5.91 Å². The summed E-state index contributed by atoms with van der Waals surface area (Å²) in [5.74, 6) is 0.670. The third-order valence-corrected chi connectivity index (χ3v) is 4.27. The second-order valence-electron chi connectivity index (χ2n) is 6.12. The van der Waals surface area contributed by atoms with E-state index in [-0.39, 0.29) is 18.6 Å². The minimum atomic E-state index is -0.272. The number of aliphatic hydroxyl groups excluding tert-OH is 1. The Morgan fingerprint density at radius 3 is 2.83 bits per heavy atom. The predicted octanol–water partition coefficient (Wildman–Crippen LogP) is 2.39. The number of imidazole rings is 1.